The molecule has 4 aliphatic heterocycles. The Kier molecular flexibility index (Phi) is 14.8. The summed E-state index contributed by atoms with van der Waals surface area (Å²) in [5.41, 5.74) is 1.88. The molecule has 0 saturated carbocycles. The van der Waals surface area contributed by atoms with Crippen molar-refractivity contribution in [1.29, 1.82) is 0 Å². The fourth-order valence-corrected chi connectivity index (χ4v) is 10.0. The second-order valence-corrected chi connectivity index (χ2v) is 18.0. The number of carbonyl (C=O) groups is 4. The van der Waals surface area contributed by atoms with E-state index in [0.29, 0.717) is 10.6 Å². The number of nitrogens with zero attached hydrogens (tertiary/aromatic N) is 1. The number of ether oxygens (including phenoxy) is 9. The Morgan fingerprint density at radius 2 is 1.25 bits per heavy atom. The van der Waals surface area contributed by atoms with Gasteiger partial charge in [0.15, 0.2) is 24.8 Å². The van der Waals surface area contributed by atoms with Crippen LogP contribution in [0.3, 0.4) is 0 Å². The lowest BCUT2D eigenvalue weighted by Gasteiger charge is -2.52. The van der Waals surface area contributed by atoms with E-state index in [0.717, 1.165) is 16.0 Å². The minimum atomic E-state index is -1.48. The fourth-order valence-electron chi connectivity index (χ4n) is 8.74. The van der Waals surface area contributed by atoms with Crippen molar-refractivity contribution in [3.63, 3.8) is 0 Å². The maximum absolute atomic E-state index is 14.6. The summed E-state index contributed by atoms with van der Waals surface area (Å²) in [6, 6.07) is 40.8. The zero-order valence-electron chi connectivity index (χ0n) is 36.5. The van der Waals surface area contributed by atoms with Crippen LogP contribution in [-0.2, 0) is 65.4 Å². The van der Waals surface area contributed by atoms with Crippen LogP contribution in [0.5, 0.6) is 0 Å². The number of imide groups is 1. The van der Waals surface area contributed by atoms with Gasteiger partial charge in [0.05, 0.1) is 37.6 Å². The summed E-state index contributed by atoms with van der Waals surface area (Å²) >= 11 is 7.60. The van der Waals surface area contributed by atoms with Gasteiger partial charge in [0, 0.05) is 29.3 Å². The van der Waals surface area contributed by atoms with Crippen LogP contribution in [0, 0.1) is 0 Å². The summed E-state index contributed by atoms with van der Waals surface area (Å²) in [6.07, 6.45) is -10.3. The number of hydrogen-bond acceptors (Lipinski definition) is 14. The van der Waals surface area contributed by atoms with Crippen molar-refractivity contribution >= 4 is 47.1 Å². The van der Waals surface area contributed by atoms with Gasteiger partial charge in [-0.1, -0.05) is 126 Å². The number of halogens is 1. The molecule has 0 N–H and O–H groups in total. The van der Waals surface area contributed by atoms with Crippen LogP contribution in [0.2, 0.25) is 5.02 Å². The first-order valence-corrected chi connectivity index (χ1v) is 23.2. The van der Waals surface area contributed by atoms with E-state index < -0.39 is 90.5 Å². The second kappa shape index (κ2) is 21.2. The molecule has 5 aromatic carbocycles. The lowest BCUT2D eigenvalue weighted by molar-refractivity contribution is -0.378. The first kappa shape index (κ1) is 46.6. The van der Waals surface area contributed by atoms with Gasteiger partial charge >= 0.3 is 11.9 Å². The van der Waals surface area contributed by atoms with Crippen LogP contribution in [0.4, 0.5) is 0 Å². The van der Waals surface area contributed by atoms with E-state index in [1.807, 2.05) is 103 Å². The van der Waals surface area contributed by atoms with Crippen LogP contribution in [-0.4, -0.2) is 102 Å². The Hall–Kier alpha value is -5.46. The number of rotatable bonds is 15. The van der Waals surface area contributed by atoms with Crippen LogP contribution in [0.25, 0.3) is 0 Å². The van der Waals surface area contributed by atoms with E-state index in [2.05, 4.69) is 0 Å². The van der Waals surface area contributed by atoms with Gasteiger partial charge in [0.2, 0.25) is 0 Å². The highest BCUT2D eigenvalue weighted by molar-refractivity contribution is 7.99. The zero-order chi connectivity index (χ0) is 46.4. The van der Waals surface area contributed by atoms with Crippen molar-refractivity contribution in [2.24, 2.45) is 0 Å². The van der Waals surface area contributed by atoms with E-state index in [4.69, 9.17) is 54.2 Å². The normalized spacial score (nSPS) is 28.0. The SMILES string of the molecule is CC(=O)O[C@H]1[C@H]2O[C@@H](c3ccccc3)OC[C@H]2O[C@@H](O[C@H]2[C@H](OCc3ccccc3)[C@@H](N3C(=O)c4ccccc4C3=O)[C@H](Sc3ccc(Cl)cc3)O[C@@H]2COCc2ccccc2)[C@@H]1OC(C)=O. The highest BCUT2D eigenvalue weighted by Gasteiger charge is 2.59. The van der Waals surface area contributed by atoms with Gasteiger partial charge in [0.25, 0.3) is 11.8 Å². The maximum atomic E-state index is 14.6. The monoisotopic (exact) mass is 949 g/mol. The smallest absolute Gasteiger partial charge is 0.303 e. The van der Waals surface area contributed by atoms with Crippen molar-refractivity contribution in [1.82, 2.24) is 4.90 Å². The Bertz CT molecular complexity index is 2470. The predicted molar refractivity (Wildman–Crippen MR) is 242 cm³/mol. The average Bonchev–Trinajstić information content (AvgIpc) is 3.59. The summed E-state index contributed by atoms with van der Waals surface area (Å²) in [4.78, 5) is 57.1. The molecule has 5 aromatic rings. The Morgan fingerprint density at radius 1 is 0.672 bits per heavy atom. The average molecular weight is 950 g/mol. The molecule has 0 aliphatic carbocycles. The minimum absolute atomic E-state index is 0.0170. The number of fused-ring (bicyclic) bond motifs is 2. The van der Waals surface area contributed by atoms with E-state index in [1.165, 1.54) is 30.5 Å². The Balaban J connectivity index is 1.14. The minimum Gasteiger partial charge on any atom is -0.455 e. The molecule has 4 heterocycles. The largest absolute Gasteiger partial charge is 0.455 e. The van der Waals surface area contributed by atoms with Crippen LogP contribution in [0.15, 0.2) is 144 Å². The first-order valence-electron chi connectivity index (χ1n) is 21.9. The van der Waals surface area contributed by atoms with Gasteiger partial charge in [-0.05, 0) is 47.5 Å². The lowest BCUT2D eigenvalue weighted by atomic mass is 9.94. The van der Waals surface area contributed by atoms with E-state index in [9.17, 15) is 19.2 Å². The second-order valence-electron chi connectivity index (χ2n) is 16.4. The molecular weight excluding hydrogens is 902 g/mol. The van der Waals surface area contributed by atoms with Gasteiger partial charge in [-0.15, -0.1) is 0 Å². The van der Waals surface area contributed by atoms with Crippen LogP contribution >= 0.6 is 23.4 Å². The molecule has 9 rings (SSSR count). The number of thioether (sulfide) groups is 1. The quantitative estimate of drug-likeness (QED) is 0.0743. The van der Waals surface area contributed by atoms with Crippen LogP contribution in [0.1, 0.15) is 57.5 Å². The Morgan fingerprint density at radius 3 is 1.88 bits per heavy atom. The number of carbonyl (C=O) groups excluding carboxylic acids is 4. The van der Waals surface area contributed by atoms with Gasteiger partial charge < -0.3 is 42.6 Å². The molecule has 11 atom stereocenters. The van der Waals surface area contributed by atoms with Crippen molar-refractivity contribution in [3.05, 3.63) is 172 Å². The van der Waals surface area contributed by atoms with E-state index in [-0.39, 0.29) is 37.6 Å². The molecule has 14 nitrogen and oxygen atoms in total. The number of esters is 2. The third-order valence-electron chi connectivity index (χ3n) is 11.7. The number of benzene rings is 5. The molecule has 4 aliphatic rings. The van der Waals surface area contributed by atoms with Crippen LogP contribution < -0.4 is 0 Å². The molecule has 0 spiro atoms. The molecular formula is C51H48ClNO13S. The zero-order valence-corrected chi connectivity index (χ0v) is 38.1. The number of amides is 2. The maximum Gasteiger partial charge on any atom is 0.303 e. The molecule has 16 heteroatoms. The van der Waals surface area contributed by atoms with Crippen molar-refractivity contribution in [2.45, 2.75) is 98.7 Å². The molecule has 3 saturated heterocycles. The summed E-state index contributed by atoms with van der Waals surface area (Å²) in [5.74, 6) is -2.48. The summed E-state index contributed by atoms with van der Waals surface area (Å²) in [6.45, 7) is 2.58. The Labute approximate surface area is 396 Å². The van der Waals surface area contributed by atoms with Gasteiger partial charge in [-0.2, -0.15) is 0 Å². The lowest BCUT2D eigenvalue weighted by Crippen LogP contribution is -2.69. The highest BCUT2D eigenvalue weighted by atomic mass is 35.5. The highest BCUT2D eigenvalue weighted by Crippen LogP contribution is 2.44. The summed E-state index contributed by atoms with van der Waals surface area (Å²) < 4.78 is 58.7. The molecule has 0 unspecified atom stereocenters. The third kappa shape index (κ3) is 10.7. The van der Waals surface area contributed by atoms with E-state index >= 15 is 0 Å². The van der Waals surface area contributed by atoms with Gasteiger partial charge in [-0.25, -0.2) is 0 Å². The molecule has 3 fully saturated rings. The summed E-state index contributed by atoms with van der Waals surface area (Å²) in [5, 5.41) is 0.518. The predicted octanol–water partition coefficient (Wildman–Crippen LogP) is 7.71. The van der Waals surface area contributed by atoms with Gasteiger partial charge in [-0.3, -0.25) is 24.1 Å². The van der Waals surface area contributed by atoms with E-state index in [1.54, 1.807) is 36.4 Å². The molecule has 2 amide bonds. The third-order valence-corrected chi connectivity index (χ3v) is 13.2. The summed E-state index contributed by atoms with van der Waals surface area (Å²) in [7, 11) is 0. The van der Waals surface area contributed by atoms with Crippen molar-refractivity contribution < 1.29 is 61.8 Å². The number of hydrogen-bond donors (Lipinski definition) is 0. The standard InChI is InChI=1S/C51H48ClNO13S/c1-30(54)61-45-43-40(29-60-49(65-43)34-18-10-5-11-19-34)63-50(46(45)62-31(2)55)66-42-39(28-58-26-32-14-6-3-7-15-32)64-51(67-36-24-22-35(52)23-25-36)41(44(42)59-27-33-16-8-4-9-17-33)53-47(56)37-20-12-13-21-38(37)48(53)57/h3-25,39-46,49-51H,26-29H2,1-2H3/t39-,40-,41-,42-,43+,44-,45+,46-,49+,50+,51+/m1/s1. The fraction of sp³-hybridized carbons (Fsp3) is 0.333. The molecule has 0 radical (unpaired) electrons. The molecule has 67 heavy (non-hydrogen) atoms. The van der Waals surface area contributed by atoms with Crippen molar-refractivity contribution in [2.75, 3.05) is 13.2 Å². The molecule has 0 bridgehead atoms. The topological polar surface area (TPSA) is 155 Å². The molecule has 348 valence electrons. The first-order chi connectivity index (χ1) is 32.6. The molecule has 0 aromatic heterocycles. The van der Waals surface area contributed by atoms with Gasteiger partial charge in [0.1, 0.15) is 42.0 Å². The van der Waals surface area contributed by atoms with Crippen molar-refractivity contribution in [3.8, 4) is 0 Å².